The SMILES string of the molecule is Cc1cc(Br)ccc1NC(=O)CNc1cc(Cl)ccc1N1CCOCC1. The van der Waals surface area contributed by atoms with Crippen LogP contribution in [0.5, 0.6) is 0 Å². The van der Waals surface area contributed by atoms with Crippen LogP contribution in [0.3, 0.4) is 0 Å². The van der Waals surface area contributed by atoms with E-state index in [4.69, 9.17) is 16.3 Å². The van der Waals surface area contributed by atoms with Crippen LogP contribution in [0.1, 0.15) is 5.56 Å². The highest BCUT2D eigenvalue weighted by Crippen LogP contribution is 2.29. The van der Waals surface area contributed by atoms with E-state index in [1.165, 1.54) is 0 Å². The first-order chi connectivity index (χ1) is 12.5. The van der Waals surface area contributed by atoms with Gasteiger partial charge in [0.2, 0.25) is 5.91 Å². The maximum absolute atomic E-state index is 12.3. The van der Waals surface area contributed by atoms with Crippen LogP contribution in [0.15, 0.2) is 40.9 Å². The number of amides is 1. The molecule has 1 amide bonds. The Kier molecular flexibility index (Phi) is 6.40. The normalized spacial score (nSPS) is 14.2. The van der Waals surface area contributed by atoms with Crippen LogP contribution in [0.2, 0.25) is 5.02 Å². The second kappa shape index (κ2) is 8.75. The van der Waals surface area contributed by atoms with Crippen LogP contribution in [-0.2, 0) is 9.53 Å². The summed E-state index contributed by atoms with van der Waals surface area (Å²) in [6.07, 6.45) is 0. The Balaban J connectivity index is 1.66. The molecular weight excluding hydrogens is 418 g/mol. The number of carbonyl (C=O) groups is 1. The number of hydrogen-bond acceptors (Lipinski definition) is 4. The highest BCUT2D eigenvalue weighted by atomic mass is 79.9. The lowest BCUT2D eigenvalue weighted by atomic mass is 10.2. The fraction of sp³-hybridized carbons (Fsp3) is 0.316. The smallest absolute Gasteiger partial charge is 0.243 e. The summed E-state index contributed by atoms with van der Waals surface area (Å²) in [5, 5.41) is 6.78. The van der Waals surface area contributed by atoms with Gasteiger partial charge in [0.05, 0.1) is 31.1 Å². The molecule has 0 unspecified atom stereocenters. The van der Waals surface area contributed by atoms with E-state index in [1.54, 1.807) is 0 Å². The Labute approximate surface area is 166 Å². The molecule has 0 aromatic heterocycles. The fourth-order valence-corrected chi connectivity index (χ4v) is 3.51. The molecule has 1 saturated heterocycles. The molecule has 0 aliphatic carbocycles. The van der Waals surface area contributed by atoms with Crippen molar-refractivity contribution in [3.63, 3.8) is 0 Å². The van der Waals surface area contributed by atoms with E-state index in [0.29, 0.717) is 18.2 Å². The van der Waals surface area contributed by atoms with Gasteiger partial charge in [-0.3, -0.25) is 4.79 Å². The molecular formula is C19H21BrClN3O2. The van der Waals surface area contributed by atoms with Gasteiger partial charge in [-0.1, -0.05) is 27.5 Å². The fourth-order valence-electron chi connectivity index (χ4n) is 2.87. The topological polar surface area (TPSA) is 53.6 Å². The molecule has 1 aliphatic rings. The van der Waals surface area contributed by atoms with Crippen LogP contribution in [0, 0.1) is 6.92 Å². The first-order valence-corrected chi connectivity index (χ1v) is 9.62. The Morgan fingerprint density at radius 2 is 1.96 bits per heavy atom. The summed E-state index contributed by atoms with van der Waals surface area (Å²) in [6, 6.07) is 11.5. The van der Waals surface area contributed by atoms with E-state index in [0.717, 1.165) is 40.2 Å². The summed E-state index contributed by atoms with van der Waals surface area (Å²) in [6.45, 7) is 5.16. The summed E-state index contributed by atoms with van der Waals surface area (Å²) in [7, 11) is 0. The monoisotopic (exact) mass is 437 g/mol. The summed E-state index contributed by atoms with van der Waals surface area (Å²) < 4.78 is 6.40. The maximum atomic E-state index is 12.3. The standard InChI is InChI=1S/C19H21BrClN3O2/c1-13-10-14(20)2-4-16(13)23-19(25)12-22-17-11-15(21)3-5-18(17)24-6-8-26-9-7-24/h2-5,10-11,22H,6-9,12H2,1H3,(H,23,25). The second-order valence-corrected chi connectivity index (χ2v) is 7.47. The van der Waals surface area contributed by atoms with E-state index >= 15 is 0 Å². The summed E-state index contributed by atoms with van der Waals surface area (Å²) in [5.41, 5.74) is 3.69. The minimum absolute atomic E-state index is 0.108. The van der Waals surface area contributed by atoms with Gasteiger partial charge in [-0.05, 0) is 48.9 Å². The Morgan fingerprint density at radius 3 is 2.69 bits per heavy atom. The number of benzene rings is 2. The van der Waals surface area contributed by atoms with Crippen molar-refractivity contribution in [2.45, 2.75) is 6.92 Å². The molecule has 138 valence electrons. The molecule has 0 spiro atoms. The Bertz CT molecular complexity index is 794. The molecule has 7 heteroatoms. The molecule has 1 fully saturated rings. The zero-order valence-electron chi connectivity index (χ0n) is 14.5. The van der Waals surface area contributed by atoms with Crippen molar-refractivity contribution in [3.8, 4) is 0 Å². The minimum Gasteiger partial charge on any atom is -0.378 e. The van der Waals surface area contributed by atoms with Crippen molar-refractivity contribution in [3.05, 3.63) is 51.5 Å². The lowest BCUT2D eigenvalue weighted by Crippen LogP contribution is -2.36. The molecule has 0 bridgehead atoms. The molecule has 1 aliphatic heterocycles. The molecule has 5 nitrogen and oxygen atoms in total. The lowest BCUT2D eigenvalue weighted by molar-refractivity contribution is -0.114. The van der Waals surface area contributed by atoms with Gasteiger partial charge in [-0.15, -0.1) is 0 Å². The average Bonchev–Trinajstić information content (AvgIpc) is 2.63. The zero-order chi connectivity index (χ0) is 18.5. The Hall–Kier alpha value is -1.76. The zero-order valence-corrected chi connectivity index (χ0v) is 16.9. The number of carbonyl (C=O) groups excluding carboxylic acids is 1. The van der Waals surface area contributed by atoms with Crippen molar-refractivity contribution in [1.29, 1.82) is 0 Å². The third-order valence-corrected chi connectivity index (χ3v) is 4.94. The number of nitrogens with zero attached hydrogens (tertiary/aromatic N) is 1. The van der Waals surface area contributed by atoms with E-state index < -0.39 is 0 Å². The highest BCUT2D eigenvalue weighted by Gasteiger charge is 2.16. The van der Waals surface area contributed by atoms with Crippen molar-refractivity contribution in [2.75, 3.05) is 48.4 Å². The molecule has 3 rings (SSSR count). The number of nitrogens with one attached hydrogen (secondary N) is 2. The van der Waals surface area contributed by atoms with E-state index in [2.05, 4.69) is 31.5 Å². The number of rotatable bonds is 5. The van der Waals surface area contributed by atoms with Crippen LogP contribution in [0.4, 0.5) is 17.1 Å². The number of morpholine rings is 1. The maximum Gasteiger partial charge on any atom is 0.243 e. The van der Waals surface area contributed by atoms with E-state index in [9.17, 15) is 4.79 Å². The molecule has 1 heterocycles. The van der Waals surface area contributed by atoms with Crippen molar-refractivity contribution in [2.24, 2.45) is 0 Å². The van der Waals surface area contributed by atoms with Gasteiger partial charge < -0.3 is 20.3 Å². The van der Waals surface area contributed by atoms with Crippen molar-refractivity contribution < 1.29 is 9.53 Å². The number of anilines is 3. The first-order valence-electron chi connectivity index (χ1n) is 8.45. The molecule has 2 aromatic rings. The first kappa shape index (κ1) is 19.0. The average molecular weight is 439 g/mol. The predicted molar refractivity (Wildman–Crippen MR) is 110 cm³/mol. The van der Waals surface area contributed by atoms with Crippen LogP contribution >= 0.6 is 27.5 Å². The predicted octanol–water partition coefficient (Wildman–Crippen LogP) is 4.30. The number of hydrogen-bond donors (Lipinski definition) is 2. The number of halogens is 2. The lowest BCUT2D eigenvalue weighted by Gasteiger charge is -2.30. The van der Waals surface area contributed by atoms with Gasteiger partial charge in [-0.25, -0.2) is 0 Å². The van der Waals surface area contributed by atoms with Crippen LogP contribution < -0.4 is 15.5 Å². The summed E-state index contributed by atoms with van der Waals surface area (Å²) in [4.78, 5) is 14.6. The molecule has 0 atom stereocenters. The summed E-state index contributed by atoms with van der Waals surface area (Å²) in [5.74, 6) is -0.108. The van der Waals surface area contributed by atoms with Gasteiger partial charge in [0.25, 0.3) is 0 Å². The third kappa shape index (κ3) is 4.90. The highest BCUT2D eigenvalue weighted by molar-refractivity contribution is 9.10. The molecule has 2 N–H and O–H groups in total. The van der Waals surface area contributed by atoms with E-state index in [1.807, 2.05) is 43.3 Å². The molecule has 0 radical (unpaired) electrons. The van der Waals surface area contributed by atoms with E-state index in [-0.39, 0.29) is 12.5 Å². The quantitative estimate of drug-likeness (QED) is 0.731. The molecule has 0 saturated carbocycles. The third-order valence-electron chi connectivity index (χ3n) is 4.21. The molecule has 2 aromatic carbocycles. The Morgan fingerprint density at radius 1 is 1.19 bits per heavy atom. The van der Waals surface area contributed by atoms with Gasteiger partial charge in [0.1, 0.15) is 0 Å². The second-order valence-electron chi connectivity index (χ2n) is 6.12. The largest absolute Gasteiger partial charge is 0.378 e. The van der Waals surface area contributed by atoms with Gasteiger partial charge in [-0.2, -0.15) is 0 Å². The van der Waals surface area contributed by atoms with Crippen LogP contribution in [-0.4, -0.2) is 38.8 Å². The van der Waals surface area contributed by atoms with Gasteiger partial charge in [0.15, 0.2) is 0 Å². The van der Waals surface area contributed by atoms with Crippen LogP contribution in [0.25, 0.3) is 0 Å². The van der Waals surface area contributed by atoms with Crippen molar-refractivity contribution >= 4 is 50.5 Å². The summed E-state index contributed by atoms with van der Waals surface area (Å²) >= 11 is 9.57. The van der Waals surface area contributed by atoms with Gasteiger partial charge >= 0.3 is 0 Å². The number of ether oxygens (including phenoxy) is 1. The number of aryl methyl sites for hydroxylation is 1. The molecule has 26 heavy (non-hydrogen) atoms. The van der Waals surface area contributed by atoms with Crippen molar-refractivity contribution in [1.82, 2.24) is 0 Å². The minimum atomic E-state index is -0.108. The van der Waals surface area contributed by atoms with Gasteiger partial charge in [0, 0.05) is 28.3 Å².